The van der Waals surface area contributed by atoms with Gasteiger partial charge in [0.25, 0.3) is 0 Å². The first kappa shape index (κ1) is 17.7. The standard InChI is InChI=1S/C18H26N6/c1-6-11-19-18(20-12-17-22-21-15(3)24(17)5)23(4)13-16-10-8-7-9-14(16)2/h6-10H,1,11-13H2,2-5H3,(H,19,20). The Balaban J connectivity index is 2.14. The predicted molar refractivity (Wildman–Crippen MR) is 97.7 cm³/mol. The van der Waals surface area contributed by atoms with Crippen molar-refractivity contribution in [3.05, 3.63) is 59.7 Å². The number of nitrogens with one attached hydrogen (secondary N) is 1. The molecule has 24 heavy (non-hydrogen) atoms. The second kappa shape index (κ2) is 8.29. The van der Waals surface area contributed by atoms with Crippen LogP contribution in [0.1, 0.15) is 22.8 Å². The topological polar surface area (TPSA) is 58.3 Å². The number of aromatic nitrogens is 3. The summed E-state index contributed by atoms with van der Waals surface area (Å²) >= 11 is 0. The molecule has 2 rings (SSSR count). The third-order valence-electron chi connectivity index (χ3n) is 3.99. The number of guanidine groups is 1. The molecular weight excluding hydrogens is 300 g/mol. The van der Waals surface area contributed by atoms with Gasteiger partial charge in [0.1, 0.15) is 12.4 Å². The Bertz CT molecular complexity index is 716. The van der Waals surface area contributed by atoms with Gasteiger partial charge < -0.3 is 14.8 Å². The summed E-state index contributed by atoms with van der Waals surface area (Å²) < 4.78 is 1.95. The summed E-state index contributed by atoms with van der Waals surface area (Å²) in [7, 11) is 3.98. The van der Waals surface area contributed by atoms with E-state index < -0.39 is 0 Å². The van der Waals surface area contributed by atoms with Crippen LogP contribution >= 0.6 is 0 Å². The molecular formula is C18H26N6. The summed E-state index contributed by atoms with van der Waals surface area (Å²) in [6.45, 7) is 9.75. The normalized spacial score (nSPS) is 11.4. The third kappa shape index (κ3) is 4.44. The van der Waals surface area contributed by atoms with Gasteiger partial charge in [0, 0.05) is 27.2 Å². The van der Waals surface area contributed by atoms with Gasteiger partial charge in [-0.15, -0.1) is 16.8 Å². The van der Waals surface area contributed by atoms with Crippen LogP contribution in [-0.4, -0.2) is 39.2 Å². The summed E-state index contributed by atoms with van der Waals surface area (Å²) in [5.41, 5.74) is 2.55. The van der Waals surface area contributed by atoms with Crippen molar-refractivity contribution in [3.63, 3.8) is 0 Å². The van der Waals surface area contributed by atoms with E-state index in [2.05, 4.69) is 58.2 Å². The molecule has 0 fully saturated rings. The molecule has 128 valence electrons. The molecule has 1 N–H and O–H groups in total. The fraction of sp³-hybridized carbons (Fsp3) is 0.389. The molecule has 0 spiro atoms. The number of hydrogen-bond acceptors (Lipinski definition) is 3. The average molecular weight is 326 g/mol. The molecule has 0 aliphatic carbocycles. The highest BCUT2D eigenvalue weighted by Crippen LogP contribution is 2.10. The van der Waals surface area contributed by atoms with Crippen molar-refractivity contribution in [3.8, 4) is 0 Å². The zero-order chi connectivity index (χ0) is 17.5. The summed E-state index contributed by atoms with van der Waals surface area (Å²) in [6.07, 6.45) is 1.82. The van der Waals surface area contributed by atoms with E-state index in [4.69, 9.17) is 4.99 Å². The van der Waals surface area contributed by atoms with E-state index in [1.807, 2.05) is 31.7 Å². The van der Waals surface area contributed by atoms with Crippen LogP contribution < -0.4 is 5.32 Å². The minimum Gasteiger partial charge on any atom is -0.353 e. The van der Waals surface area contributed by atoms with Crippen molar-refractivity contribution in [2.75, 3.05) is 13.6 Å². The first-order chi connectivity index (χ1) is 11.5. The summed E-state index contributed by atoms with van der Waals surface area (Å²) in [5.74, 6) is 2.54. The van der Waals surface area contributed by atoms with Gasteiger partial charge in [0.05, 0.1) is 0 Å². The quantitative estimate of drug-likeness (QED) is 0.502. The lowest BCUT2D eigenvalue weighted by molar-refractivity contribution is 0.476. The first-order valence-corrected chi connectivity index (χ1v) is 8.02. The van der Waals surface area contributed by atoms with Crippen LogP contribution in [0.5, 0.6) is 0 Å². The van der Waals surface area contributed by atoms with E-state index in [-0.39, 0.29) is 0 Å². The molecule has 0 unspecified atom stereocenters. The predicted octanol–water partition coefficient (Wildman–Crippen LogP) is 2.20. The number of benzene rings is 1. The van der Waals surface area contributed by atoms with Gasteiger partial charge >= 0.3 is 0 Å². The van der Waals surface area contributed by atoms with Crippen molar-refractivity contribution in [1.82, 2.24) is 25.0 Å². The number of aryl methyl sites for hydroxylation is 2. The molecule has 0 saturated carbocycles. The average Bonchev–Trinajstić information content (AvgIpc) is 2.89. The SMILES string of the molecule is C=CCNC(=NCc1nnc(C)n1C)N(C)Cc1ccccc1C. The highest BCUT2D eigenvalue weighted by atomic mass is 15.3. The van der Waals surface area contributed by atoms with Crippen molar-refractivity contribution >= 4 is 5.96 Å². The Labute approximate surface area is 143 Å². The maximum Gasteiger partial charge on any atom is 0.194 e. The third-order valence-corrected chi connectivity index (χ3v) is 3.99. The smallest absolute Gasteiger partial charge is 0.194 e. The minimum atomic E-state index is 0.481. The highest BCUT2D eigenvalue weighted by Gasteiger charge is 2.10. The van der Waals surface area contributed by atoms with Crippen molar-refractivity contribution in [1.29, 1.82) is 0 Å². The van der Waals surface area contributed by atoms with Gasteiger partial charge in [-0.2, -0.15) is 0 Å². The van der Waals surface area contributed by atoms with E-state index in [0.717, 1.165) is 24.2 Å². The van der Waals surface area contributed by atoms with Gasteiger partial charge in [-0.25, -0.2) is 4.99 Å². The Hall–Kier alpha value is -2.63. The number of rotatable bonds is 6. The van der Waals surface area contributed by atoms with E-state index >= 15 is 0 Å². The molecule has 0 aliphatic rings. The highest BCUT2D eigenvalue weighted by molar-refractivity contribution is 5.79. The zero-order valence-corrected chi connectivity index (χ0v) is 15.0. The van der Waals surface area contributed by atoms with Gasteiger partial charge in [-0.1, -0.05) is 30.3 Å². The van der Waals surface area contributed by atoms with E-state index in [9.17, 15) is 0 Å². The Morgan fingerprint density at radius 3 is 2.71 bits per heavy atom. The lowest BCUT2D eigenvalue weighted by Gasteiger charge is -2.23. The van der Waals surface area contributed by atoms with Crippen LogP contribution in [0.25, 0.3) is 0 Å². The van der Waals surface area contributed by atoms with Crippen LogP contribution in [0, 0.1) is 13.8 Å². The van der Waals surface area contributed by atoms with E-state index in [1.54, 1.807) is 0 Å². The molecule has 0 amide bonds. The molecule has 6 heteroatoms. The largest absolute Gasteiger partial charge is 0.353 e. The first-order valence-electron chi connectivity index (χ1n) is 8.02. The molecule has 6 nitrogen and oxygen atoms in total. The second-order valence-electron chi connectivity index (χ2n) is 5.81. The van der Waals surface area contributed by atoms with Crippen LogP contribution in [-0.2, 0) is 20.1 Å². The monoisotopic (exact) mass is 326 g/mol. The van der Waals surface area contributed by atoms with Crippen LogP contribution in [0.2, 0.25) is 0 Å². The van der Waals surface area contributed by atoms with Gasteiger partial charge in [-0.05, 0) is 25.0 Å². The van der Waals surface area contributed by atoms with Crippen molar-refractivity contribution in [2.24, 2.45) is 12.0 Å². The molecule has 0 saturated heterocycles. The summed E-state index contributed by atoms with van der Waals surface area (Å²) in [6, 6.07) is 8.38. The Morgan fingerprint density at radius 2 is 2.08 bits per heavy atom. The van der Waals surface area contributed by atoms with E-state index in [1.165, 1.54) is 11.1 Å². The fourth-order valence-electron chi connectivity index (χ4n) is 2.33. The maximum atomic E-state index is 4.69. The lowest BCUT2D eigenvalue weighted by Crippen LogP contribution is -2.38. The minimum absolute atomic E-state index is 0.481. The summed E-state index contributed by atoms with van der Waals surface area (Å²) in [5, 5.41) is 11.5. The molecule has 0 atom stereocenters. The molecule has 0 aliphatic heterocycles. The molecule has 2 aromatic rings. The van der Waals surface area contributed by atoms with Crippen LogP contribution in [0.4, 0.5) is 0 Å². The summed E-state index contributed by atoms with van der Waals surface area (Å²) in [4.78, 5) is 6.80. The molecule has 1 aromatic carbocycles. The van der Waals surface area contributed by atoms with Gasteiger partial charge in [-0.3, -0.25) is 0 Å². The zero-order valence-electron chi connectivity index (χ0n) is 15.0. The van der Waals surface area contributed by atoms with Gasteiger partial charge in [0.2, 0.25) is 0 Å². The van der Waals surface area contributed by atoms with Gasteiger partial charge in [0.15, 0.2) is 11.8 Å². The fourth-order valence-corrected chi connectivity index (χ4v) is 2.33. The maximum absolute atomic E-state index is 4.69. The lowest BCUT2D eigenvalue weighted by atomic mass is 10.1. The van der Waals surface area contributed by atoms with Crippen LogP contribution in [0.15, 0.2) is 41.9 Å². The molecule has 0 bridgehead atoms. The van der Waals surface area contributed by atoms with Crippen molar-refractivity contribution in [2.45, 2.75) is 26.9 Å². The Morgan fingerprint density at radius 1 is 1.33 bits per heavy atom. The van der Waals surface area contributed by atoms with Crippen LogP contribution in [0.3, 0.4) is 0 Å². The second-order valence-corrected chi connectivity index (χ2v) is 5.81. The molecule has 1 aromatic heterocycles. The Kier molecular flexibility index (Phi) is 6.12. The number of aliphatic imine (C=N–C) groups is 1. The van der Waals surface area contributed by atoms with E-state index in [0.29, 0.717) is 13.1 Å². The number of hydrogen-bond donors (Lipinski definition) is 1. The molecule has 0 radical (unpaired) electrons. The van der Waals surface area contributed by atoms with Crippen molar-refractivity contribution < 1.29 is 0 Å². The number of nitrogens with zero attached hydrogens (tertiary/aromatic N) is 5. The molecule has 1 heterocycles.